The molecule has 3 aliphatic rings. The zero-order valence-corrected chi connectivity index (χ0v) is 25.0. The van der Waals surface area contributed by atoms with Gasteiger partial charge >= 0.3 is 0 Å². The van der Waals surface area contributed by atoms with Crippen LogP contribution in [0.25, 0.3) is 22.3 Å². The molecular weight excluding hydrogens is 562 g/mol. The molecule has 3 fully saturated rings. The first-order valence-corrected chi connectivity index (χ1v) is 15.6. The molecule has 4 aromatic rings. The number of ketones is 1. The summed E-state index contributed by atoms with van der Waals surface area (Å²) in [5.41, 5.74) is 2.70. The molecule has 0 aliphatic carbocycles. The van der Waals surface area contributed by atoms with E-state index in [0.29, 0.717) is 42.2 Å². The van der Waals surface area contributed by atoms with Crippen molar-refractivity contribution >= 4 is 28.3 Å². The average Bonchev–Trinajstić information content (AvgIpc) is 3.67. The number of nitrogens with zero attached hydrogens (tertiary/aromatic N) is 5. The predicted molar refractivity (Wildman–Crippen MR) is 164 cm³/mol. The molecule has 2 aromatic heterocycles. The van der Waals surface area contributed by atoms with Crippen molar-refractivity contribution in [1.82, 2.24) is 29.9 Å². The van der Waals surface area contributed by atoms with Crippen molar-refractivity contribution in [3.05, 3.63) is 42.6 Å². The molecule has 44 heavy (non-hydrogen) atoms. The van der Waals surface area contributed by atoms with Gasteiger partial charge in [-0.25, -0.2) is 9.36 Å². The van der Waals surface area contributed by atoms with Gasteiger partial charge in [0.05, 0.1) is 18.8 Å². The van der Waals surface area contributed by atoms with Gasteiger partial charge < -0.3 is 29.6 Å². The number of methoxy groups -OCH3 is 1. The van der Waals surface area contributed by atoms with E-state index in [9.17, 15) is 4.79 Å². The van der Waals surface area contributed by atoms with Crippen LogP contribution in [-0.4, -0.2) is 70.3 Å². The lowest BCUT2D eigenvalue weighted by Gasteiger charge is -2.26. The summed E-state index contributed by atoms with van der Waals surface area (Å²) in [6.45, 7) is 3.25. The minimum absolute atomic E-state index is 0.0172. The number of ether oxygens (including phenoxy) is 4. The number of hydrogen-bond acceptors (Lipinski definition) is 10. The van der Waals surface area contributed by atoms with E-state index in [4.69, 9.17) is 29.0 Å². The van der Waals surface area contributed by atoms with Crippen LogP contribution in [0.5, 0.6) is 11.5 Å². The average molecular weight is 602 g/mol. The first-order valence-electron chi connectivity index (χ1n) is 15.6. The Bertz CT molecular complexity index is 1600. The van der Waals surface area contributed by atoms with Gasteiger partial charge in [0, 0.05) is 36.3 Å². The molecule has 2 aromatic carbocycles. The first-order chi connectivity index (χ1) is 21.6. The minimum Gasteiger partial charge on any atom is -0.493 e. The lowest BCUT2D eigenvalue weighted by Crippen LogP contribution is -2.43. The second-order valence-corrected chi connectivity index (χ2v) is 11.8. The summed E-state index contributed by atoms with van der Waals surface area (Å²) in [6.07, 6.45) is 8.31. The fraction of sp³-hybridized carbons (Fsp3) is 0.500. The topological polar surface area (TPSA) is 127 Å². The Morgan fingerprint density at radius 3 is 2.50 bits per heavy atom. The van der Waals surface area contributed by atoms with E-state index in [2.05, 4.69) is 27.9 Å². The molecule has 12 nitrogen and oxygen atoms in total. The lowest BCUT2D eigenvalue weighted by atomic mass is 9.97. The van der Waals surface area contributed by atoms with Crippen molar-refractivity contribution in [1.29, 1.82) is 0 Å². The summed E-state index contributed by atoms with van der Waals surface area (Å²) in [5, 5.41) is 17.1. The lowest BCUT2D eigenvalue weighted by molar-refractivity contribution is -0.122. The fourth-order valence-electron chi connectivity index (χ4n) is 6.05. The maximum absolute atomic E-state index is 12.4. The Balaban J connectivity index is 1.12. The maximum atomic E-state index is 12.4. The number of Topliss-reactive ketones (excluding diaryl/α,β-unsaturated/α-hetero) is 1. The summed E-state index contributed by atoms with van der Waals surface area (Å²) in [4.78, 5) is 17.3. The largest absolute Gasteiger partial charge is 0.493 e. The van der Waals surface area contributed by atoms with Crippen LogP contribution in [0.4, 0.5) is 11.6 Å². The first kappa shape index (κ1) is 28.8. The predicted octanol–water partition coefficient (Wildman–Crippen LogP) is 5.00. The smallest absolute Gasteiger partial charge is 0.247 e. The molecule has 7 rings (SSSR count). The number of benzene rings is 2. The van der Waals surface area contributed by atoms with Crippen LogP contribution in [0.15, 0.2) is 42.6 Å². The summed E-state index contributed by atoms with van der Waals surface area (Å²) in [6, 6.07) is 11.7. The van der Waals surface area contributed by atoms with E-state index in [1.165, 1.54) is 0 Å². The van der Waals surface area contributed by atoms with Gasteiger partial charge in [-0.2, -0.15) is 10.1 Å². The second-order valence-electron chi connectivity index (χ2n) is 11.8. The molecule has 3 aliphatic heterocycles. The van der Waals surface area contributed by atoms with Crippen molar-refractivity contribution in [3.63, 3.8) is 0 Å². The van der Waals surface area contributed by atoms with Crippen LogP contribution < -0.4 is 20.1 Å². The molecule has 3 saturated heterocycles. The summed E-state index contributed by atoms with van der Waals surface area (Å²) >= 11 is 0. The molecule has 2 unspecified atom stereocenters. The van der Waals surface area contributed by atoms with E-state index in [0.717, 1.165) is 80.4 Å². The van der Waals surface area contributed by atoms with Gasteiger partial charge in [-0.05, 0) is 93.9 Å². The van der Waals surface area contributed by atoms with Gasteiger partial charge in [0.15, 0.2) is 35.6 Å². The van der Waals surface area contributed by atoms with Crippen molar-refractivity contribution < 1.29 is 23.7 Å². The molecule has 5 heterocycles. The van der Waals surface area contributed by atoms with Crippen LogP contribution >= 0.6 is 0 Å². The van der Waals surface area contributed by atoms with Crippen LogP contribution in [0.1, 0.15) is 57.4 Å². The van der Waals surface area contributed by atoms with Gasteiger partial charge in [0.1, 0.15) is 6.61 Å². The molecule has 0 amide bonds. The normalized spacial score (nSPS) is 20.8. The Kier molecular flexibility index (Phi) is 8.45. The molecule has 0 bridgehead atoms. The molecule has 0 radical (unpaired) electrons. The number of nitrogens with one attached hydrogen (secondary N) is 2. The van der Waals surface area contributed by atoms with Gasteiger partial charge in [0.25, 0.3) is 0 Å². The molecule has 0 saturated carbocycles. The summed E-state index contributed by atoms with van der Waals surface area (Å²) in [7, 11) is 1.59. The Morgan fingerprint density at radius 2 is 1.80 bits per heavy atom. The Morgan fingerprint density at radius 1 is 1.00 bits per heavy atom. The molecule has 2 N–H and O–H groups in total. The van der Waals surface area contributed by atoms with Crippen molar-refractivity contribution in [2.45, 2.75) is 57.4 Å². The number of carbonyl (C=O) groups is 1. The SMILES string of the molecule is COc1cc(-c2nc(Nc3ccc4c(cnn4C4CCCCO4)c3)nn2C2CCCCO2)ccc1OCC(=O)CC1CNC1. The van der Waals surface area contributed by atoms with E-state index in [-0.39, 0.29) is 24.8 Å². The number of fused-ring (bicyclic) bond motifs is 1. The van der Waals surface area contributed by atoms with E-state index >= 15 is 0 Å². The Labute approximate surface area is 256 Å². The minimum atomic E-state index is -0.224. The third-order valence-corrected chi connectivity index (χ3v) is 8.53. The third kappa shape index (κ3) is 6.15. The van der Waals surface area contributed by atoms with Gasteiger partial charge in [-0.3, -0.25) is 4.79 Å². The van der Waals surface area contributed by atoms with E-state index < -0.39 is 0 Å². The molecular formula is C32H39N7O5. The number of hydrogen-bond donors (Lipinski definition) is 2. The number of carbonyl (C=O) groups excluding carboxylic acids is 1. The summed E-state index contributed by atoms with van der Waals surface area (Å²) in [5.74, 6) is 2.65. The zero-order valence-electron chi connectivity index (χ0n) is 25.0. The van der Waals surface area contributed by atoms with Gasteiger partial charge in [0.2, 0.25) is 5.95 Å². The van der Waals surface area contributed by atoms with Crippen LogP contribution in [0.3, 0.4) is 0 Å². The highest BCUT2D eigenvalue weighted by molar-refractivity contribution is 5.83. The van der Waals surface area contributed by atoms with Crippen LogP contribution in [0.2, 0.25) is 0 Å². The van der Waals surface area contributed by atoms with Gasteiger partial charge in [-0.15, -0.1) is 5.10 Å². The van der Waals surface area contributed by atoms with Crippen LogP contribution in [0, 0.1) is 5.92 Å². The second kappa shape index (κ2) is 12.9. The zero-order chi connectivity index (χ0) is 29.9. The number of rotatable bonds is 11. The highest BCUT2D eigenvalue weighted by atomic mass is 16.5. The monoisotopic (exact) mass is 601 g/mol. The maximum Gasteiger partial charge on any atom is 0.247 e. The molecule has 232 valence electrons. The standard InChI is InChI=1S/C32H39N7O5/c1-41-28-16-22(8-11-27(28)44-20-25(40)14-21-17-33-18-21)31-36-32(37-39(31)30-7-3-5-13-43-30)35-24-9-10-26-23(15-24)19-34-38(26)29-6-2-4-12-42-29/h8-11,15-16,19,21,29-30,33H,2-7,12-14,17-18,20H2,1H3,(H,35,37). The highest BCUT2D eigenvalue weighted by Crippen LogP contribution is 2.35. The highest BCUT2D eigenvalue weighted by Gasteiger charge is 2.25. The third-order valence-electron chi connectivity index (χ3n) is 8.53. The van der Waals surface area contributed by atoms with Crippen molar-refractivity contribution in [2.24, 2.45) is 5.92 Å². The Hall–Kier alpha value is -4.00. The number of aromatic nitrogens is 5. The van der Waals surface area contributed by atoms with E-state index in [1.54, 1.807) is 7.11 Å². The number of anilines is 2. The van der Waals surface area contributed by atoms with E-state index in [1.807, 2.05) is 39.8 Å². The van der Waals surface area contributed by atoms with Crippen molar-refractivity contribution in [2.75, 3.05) is 45.3 Å². The quantitative estimate of drug-likeness (QED) is 0.242. The van der Waals surface area contributed by atoms with Crippen molar-refractivity contribution in [3.8, 4) is 22.9 Å². The van der Waals surface area contributed by atoms with Gasteiger partial charge in [-0.1, -0.05) is 0 Å². The molecule has 12 heteroatoms. The molecule has 0 spiro atoms. The summed E-state index contributed by atoms with van der Waals surface area (Å²) < 4.78 is 27.4. The van der Waals surface area contributed by atoms with Crippen LogP contribution in [-0.2, 0) is 14.3 Å². The molecule has 2 atom stereocenters. The fourth-order valence-corrected chi connectivity index (χ4v) is 6.05.